The van der Waals surface area contributed by atoms with Crippen LogP contribution in [0.5, 0.6) is 0 Å². The fourth-order valence-electron chi connectivity index (χ4n) is 3.94. The molecule has 3 aromatic rings. The molecule has 0 radical (unpaired) electrons. The van der Waals surface area contributed by atoms with Gasteiger partial charge in [0.05, 0.1) is 11.7 Å². The molecule has 2 aromatic carbocycles. The number of aliphatic hydroxyl groups is 1. The Hall–Kier alpha value is -2.63. The molecule has 1 heterocycles. The summed E-state index contributed by atoms with van der Waals surface area (Å²) in [7, 11) is 1.42. The predicted molar refractivity (Wildman–Crippen MR) is 114 cm³/mol. The summed E-state index contributed by atoms with van der Waals surface area (Å²) >= 11 is 0. The van der Waals surface area contributed by atoms with E-state index in [0.29, 0.717) is 16.7 Å². The Morgan fingerprint density at radius 2 is 1.83 bits per heavy atom. The molecule has 8 heteroatoms. The van der Waals surface area contributed by atoms with E-state index in [9.17, 15) is 18.7 Å². The van der Waals surface area contributed by atoms with Crippen molar-refractivity contribution >= 4 is 15.1 Å². The van der Waals surface area contributed by atoms with Crippen molar-refractivity contribution in [1.29, 1.82) is 0 Å². The minimum absolute atomic E-state index is 0.0324. The maximum absolute atomic E-state index is 14.8. The number of fused-ring (bicyclic) bond motifs is 3. The van der Waals surface area contributed by atoms with E-state index in [4.69, 9.17) is 5.73 Å². The molecule has 0 saturated heterocycles. The molecule has 0 aliphatic heterocycles. The maximum Gasteiger partial charge on any atom is 0.295 e. The van der Waals surface area contributed by atoms with Crippen molar-refractivity contribution in [3.63, 3.8) is 0 Å². The van der Waals surface area contributed by atoms with Crippen LogP contribution in [-0.2, 0) is 11.1 Å². The molecular formula is C22H22F2N3O2P. The van der Waals surface area contributed by atoms with E-state index >= 15 is 0 Å². The molecule has 0 bridgehead atoms. The number of benzene rings is 2. The first-order valence-corrected chi connectivity index (χ1v) is 9.96. The van der Waals surface area contributed by atoms with Gasteiger partial charge in [-0.05, 0) is 44.0 Å². The lowest BCUT2D eigenvalue weighted by Crippen LogP contribution is -2.40. The van der Waals surface area contributed by atoms with Crippen LogP contribution in [0.15, 0.2) is 48.8 Å². The molecule has 1 aliphatic rings. The van der Waals surface area contributed by atoms with Crippen LogP contribution in [0.1, 0.15) is 42.3 Å². The molecule has 2 atom stereocenters. The highest BCUT2D eigenvalue weighted by Gasteiger charge is 2.57. The van der Waals surface area contributed by atoms with Crippen LogP contribution < -0.4 is 5.73 Å². The summed E-state index contributed by atoms with van der Waals surface area (Å²) in [4.78, 5) is 12.3. The number of carbonyl (C=O) groups excluding carboxylic acids is 1. The summed E-state index contributed by atoms with van der Waals surface area (Å²) in [5, 5.41) is 15.6. The molecule has 1 aromatic heterocycles. The molecule has 5 nitrogen and oxygen atoms in total. The summed E-state index contributed by atoms with van der Waals surface area (Å²) in [5.74, 6) is -0.762. The van der Waals surface area contributed by atoms with Crippen molar-refractivity contribution in [2.24, 2.45) is 5.73 Å². The fourth-order valence-corrected chi connectivity index (χ4v) is 4.25. The molecule has 1 amide bonds. The van der Waals surface area contributed by atoms with E-state index < -0.39 is 17.2 Å². The minimum atomic E-state index is -3.59. The topological polar surface area (TPSA) is 81.1 Å². The Labute approximate surface area is 175 Å². The lowest BCUT2D eigenvalue weighted by molar-refractivity contribution is -0.0963. The van der Waals surface area contributed by atoms with Crippen LogP contribution in [0, 0.1) is 0 Å². The van der Waals surface area contributed by atoms with Crippen molar-refractivity contribution in [2.45, 2.75) is 37.6 Å². The number of carbonyl (C=O) groups is 1. The zero-order valence-electron chi connectivity index (χ0n) is 16.8. The lowest BCUT2D eigenvalue weighted by atomic mass is 9.88. The van der Waals surface area contributed by atoms with Gasteiger partial charge in [0.25, 0.3) is 5.66 Å². The van der Waals surface area contributed by atoms with E-state index in [2.05, 4.69) is 5.10 Å². The molecule has 0 spiro atoms. The SMILES string of the molecule is CC(C)(C)n1cc(-c2cc(C(N)=O)c3c(c2)C(O)(C(F)(F)P)c2ccccc2-3)cn1. The number of nitrogens with zero attached hydrogens (tertiary/aromatic N) is 2. The molecule has 0 saturated carbocycles. The molecular weight excluding hydrogens is 407 g/mol. The minimum Gasteiger partial charge on any atom is -0.374 e. The number of hydrogen-bond acceptors (Lipinski definition) is 3. The highest BCUT2D eigenvalue weighted by atomic mass is 31.0. The second kappa shape index (κ2) is 6.43. The van der Waals surface area contributed by atoms with Gasteiger partial charge in [0.2, 0.25) is 5.91 Å². The Morgan fingerprint density at radius 1 is 1.17 bits per heavy atom. The van der Waals surface area contributed by atoms with Crippen LogP contribution in [-0.4, -0.2) is 26.5 Å². The van der Waals surface area contributed by atoms with Crippen molar-refractivity contribution in [3.05, 3.63) is 65.5 Å². The molecule has 4 rings (SSSR count). The van der Waals surface area contributed by atoms with Gasteiger partial charge in [-0.2, -0.15) is 13.9 Å². The second-order valence-corrected chi connectivity index (χ2v) is 9.26. The van der Waals surface area contributed by atoms with Gasteiger partial charge in [0, 0.05) is 34.0 Å². The van der Waals surface area contributed by atoms with Gasteiger partial charge in [-0.3, -0.25) is 9.48 Å². The van der Waals surface area contributed by atoms with Crippen molar-refractivity contribution < 1.29 is 18.7 Å². The molecule has 30 heavy (non-hydrogen) atoms. The van der Waals surface area contributed by atoms with Crippen LogP contribution >= 0.6 is 9.24 Å². The second-order valence-electron chi connectivity index (χ2n) is 8.53. The van der Waals surface area contributed by atoms with E-state index in [1.54, 1.807) is 41.3 Å². The van der Waals surface area contributed by atoms with E-state index in [0.717, 1.165) is 0 Å². The first-order chi connectivity index (χ1) is 13.9. The van der Waals surface area contributed by atoms with E-state index in [1.165, 1.54) is 21.4 Å². The van der Waals surface area contributed by atoms with Gasteiger partial charge >= 0.3 is 0 Å². The van der Waals surface area contributed by atoms with Gasteiger partial charge in [0.1, 0.15) is 0 Å². The largest absolute Gasteiger partial charge is 0.374 e. The highest BCUT2D eigenvalue weighted by Crippen LogP contribution is 2.58. The average Bonchev–Trinajstić information content (AvgIpc) is 3.24. The predicted octanol–water partition coefficient (Wildman–Crippen LogP) is 4.09. The Kier molecular flexibility index (Phi) is 4.42. The third kappa shape index (κ3) is 2.88. The summed E-state index contributed by atoms with van der Waals surface area (Å²) < 4.78 is 31.3. The lowest BCUT2D eigenvalue weighted by Gasteiger charge is -2.32. The number of aromatic nitrogens is 2. The maximum atomic E-state index is 14.8. The summed E-state index contributed by atoms with van der Waals surface area (Å²) in [6.45, 7) is 5.93. The Bertz CT molecular complexity index is 1180. The van der Waals surface area contributed by atoms with Crippen LogP contribution in [0.2, 0.25) is 0 Å². The zero-order chi connectivity index (χ0) is 22.1. The molecule has 3 N–H and O–H groups in total. The van der Waals surface area contributed by atoms with Gasteiger partial charge in [-0.1, -0.05) is 33.5 Å². The number of primary amides is 1. The molecule has 1 aliphatic carbocycles. The summed E-state index contributed by atoms with van der Waals surface area (Å²) in [5.41, 5.74) is 0.875. The number of halogens is 2. The highest BCUT2D eigenvalue weighted by molar-refractivity contribution is 7.18. The number of amides is 1. The third-order valence-corrected chi connectivity index (χ3v) is 5.88. The Morgan fingerprint density at radius 3 is 2.40 bits per heavy atom. The van der Waals surface area contributed by atoms with Gasteiger partial charge in [-0.25, -0.2) is 0 Å². The van der Waals surface area contributed by atoms with Crippen molar-refractivity contribution in [3.8, 4) is 22.3 Å². The molecule has 0 fully saturated rings. The number of nitrogens with two attached hydrogens (primary N) is 1. The van der Waals surface area contributed by atoms with Crippen molar-refractivity contribution in [2.75, 3.05) is 0 Å². The van der Waals surface area contributed by atoms with Gasteiger partial charge in [-0.15, -0.1) is 0 Å². The van der Waals surface area contributed by atoms with Crippen LogP contribution in [0.3, 0.4) is 0 Å². The fraction of sp³-hybridized carbons (Fsp3) is 0.273. The Balaban J connectivity index is 2.04. The smallest absolute Gasteiger partial charge is 0.295 e. The van der Waals surface area contributed by atoms with Crippen molar-refractivity contribution in [1.82, 2.24) is 9.78 Å². The van der Waals surface area contributed by atoms with Crippen LogP contribution in [0.4, 0.5) is 8.78 Å². The standard InChI is InChI=1S/C22H22F2N3O2P/c1-20(2,3)27-11-13(10-26-27)12-8-15(19(25)28)18-14-6-4-5-7-16(14)21(29,17(18)9-12)22(23,24)30/h4-11,29H,30H2,1-3H3,(H2,25,28). The number of hydrogen-bond donors (Lipinski definition) is 2. The normalized spacial score (nSPS) is 18.2. The first-order valence-electron chi connectivity index (χ1n) is 9.38. The summed E-state index contributed by atoms with van der Waals surface area (Å²) in [6, 6.07) is 9.34. The van der Waals surface area contributed by atoms with Gasteiger partial charge < -0.3 is 10.8 Å². The van der Waals surface area contributed by atoms with E-state index in [1.807, 2.05) is 20.8 Å². The molecule has 2 unspecified atom stereocenters. The average molecular weight is 429 g/mol. The summed E-state index contributed by atoms with van der Waals surface area (Å²) in [6.07, 6.45) is 3.37. The number of rotatable bonds is 3. The molecule has 156 valence electrons. The monoisotopic (exact) mass is 429 g/mol. The van der Waals surface area contributed by atoms with Crippen LogP contribution in [0.25, 0.3) is 22.3 Å². The van der Waals surface area contributed by atoms with E-state index in [-0.39, 0.29) is 27.8 Å². The first kappa shape index (κ1) is 20.6. The quantitative estimate of drug-likeness (QED) is 0.616. The third-order valence-electron chi connectivity index (χ3n) is 5.47. The van der Waals surface area contributed by atoms with Gasteiger partial charge in [0.15, 0.2) is 5.60 Å². The zero-order valence-corrected chi connectivity index (χ0v) is 17.9. The number of alkyl halides is 2.